The van der Waals surface area contributed by atoms with Crippen LogP contribution < -0.4 is 4.74 Å². The summed E-state index contributed by atoms with van der Waals surface area (Å²) in [6.07, 6.45) is 0. The van der Waals surface area contributed by atoms with Crippen LogP contribution in [0.3, 0.4) is 0 Å². The number of fused-ring (bicyclic) bond motifs is 1. The highest BCUT2D eigenvalue weighted by molar-refractivity contribution is 6.69. The second-order valence-corrected chi connectivity index (χ2v) is 5.98. The molecule has 1 aromatic rings. The summed E-state index contributed by atoms with van der Waals surface area (Å²) >= 11 is 0. The normalized spacial score (nSPS) is 16.9. The van der Waals surface area contributed by atoms with Crippen LogP contribution in [0.25, 0.3) is 0 Å². The van der Waals surface area contributed by atoms with Crippen LogP contribution in [0.2, 0.25) is 0 Å². The van der Waals surface area contributed by atoms with Gasteiger partial charge in [0.1, 0.15) is 5.75 Å². The first-order valence-electron chi connectivity index (χ1n) is 6.80. The van der Waals surface area contributed by atoms with Gasteiger partial charge in [-0.3, -0.25) is 4.79 Å². The van der Waals surface area contributed by atoms with Gasteiger partial charge in [0.15, 0.2) is 5.84 Å². The average molecular weight is 297 g/mol. The van der Waals surface area contributed by atoms with Gasteiger partial charge < -0.3 is 4.74 Å². The number of benzene rings is 1. The molecule has 0 spiro atoms. The number of carbonyl (C=O) groups is 1. The maximum Gasteiger partial charge on any atom is 0.303 e. The fraction of sp³-hybridized carbons (Fsp3) is 0.333. The Hall–Kier alpha value is -2.70. The molecule has 0 fully saturated rings. The lowest BCUT2D eigenvalue weighted by atomic mass is 9.86. The Morgan fingerprint density at radius 1 is 1.09 bits per heavy atom. The van der Waals surface area contributed by atoms with E-state index in [2.05, 4.69) is 46.2 Å². The molecule has 0 unspecified atom stereocenters. The molecule has 22 heavy (non-hydrogen) atoms. The Kier molecular flexibility index (Phi) is 3.20. The summed E-state index contributed by atoms with van der Waals surface area (Å²) in [6.45, 7) is 6.32. The molecule has 0 aliphatic carbocycles. The zero-order valence-corrected chi connectivity index (χ0v) is 12.8. The van der Waals surface area contributed by atoms with E-state index < -0.39 is 5.91 Å². The third kappa shape index (κ3) is 2.34. The summed E-state index contributed by atoms with van der Waals surface area (Å²) in [5, 5.41) is 10.8. The first-order chi connectivity index (χ1) is 10.4. The number of hydrogen-bond acceptors (Lipinski definition) is 6. The molecule has 112 valence electrons. The quantitative estimate of drug-likeness (QED) is 0.839. The molecule has 0 N–H and O–H groups in total. The molecule has 0 saturated carbocycles. The Labute approximate surface area is 127 Å². The van der Waals surface area contributed by atoms with Gasteiger partial charge in [0.25, 0.3) is 0 Å². The smallest absolute Gasteiger partial charge is 0.303 e. The maximum atomic E-state index is 12.0. The molecular weight excluding hydrogens is 282 g/mol. The van der Waals surface area contributed by atoms with Crippen molar-refractivity contribution < 1.29 is 9.53 Å². The van der Waals surface area contributed by atoms with Crippen LogP contribution in [-0.4, -0.2) is 30.4 Å². The number of carbonyl (C=O) groups excluding carboxylic acids is 1. The van der Waals surface area contributed by atoms with Gasteiger partial charge in [-0.25, -0.2) is 4.99 Å². The molecule has 0 aromatic heterocycles. The van der Waals surface area contributed by atoms with Crippen LogP contribution >= 0.6 is 0 Å². The first kappa shape index (κ1) is 14.2. The van der Waals surface area contributed by atoms with Gasteiger partial charge in [0.05, 0.1) is 12.7 Å². The molecule has 2 aliphatic rings. The van der Waals surface area contributed by atoms with Gasteiger partial charge >= 0.3 is 5.91 Å². The largest absolute Gasteiger partial charge is 0.496 e. The van der Waals surface area contributed by atoms with Crippen molar-refractivity contribution in [3.63, 3.8) is 0 Å². The standard InChI is InChI=1S/C15H15N5O2/c1-15(2,3)8-5-6-10(22-4)9(7-8)12-16-13-11(14(21)17-12)18-20-19-13/h5-7H,1-4H3. The maximum absolute atomic E-state index is 12.0. The summed E-state index contributed by atoms with van der Waals surface area (Å²) in [5.41, 5.74) is 1.77. The van der Waals surface area contributed by atoms with Gasteiger partial charge in [-0.1, -0.05) is 26.8 Å². The van der Waals surface area contributed by atoms with E-state index in [1.165, 1.54) is 0 Å². The van der Waals surface area contributed by atoms with Crippen molar-refractivity contribution in [1.29, 1.82) is 0 Å². The van der Waals surface area contributed by atoms with Crippen LogP contribution in [-0.2, 0) is 10.2 Å². The van der Waals surface area contributed by atoms with E-state index in [0.717, 1.165) is 5.56 Å². The summed E-state index contributed by atoms with van der Waals surface area (Å²) < 4.78 is 5.37. The summed E-state index contributed by atoms with van der Waals surface area (Å²) in [6, 6.07) is 5.77. The van der Waals surface area contributed by atoms with E-state index in [-0.39, 0.29) is 22.8 Å². The fourth-order valence-corrected chi connectivity index (χ4v) is 2.16. The van der Waals surface area contributed by atoms with Crippen LogP contribution in [0.1, 0.15) is 31.9 Å². The van der Waals surface area contributed by atoms with Crippen molar-refractivity contribution in [2.24, 2.45) is 25.4 Å². The van der Waals surface area contributed by atoms with E-state index in [1.807, 2.05) is 18.2 Å². The molecule has 0 saturated heterocycles. The third-order valence-electron chi connectivity index (χ3n) is 3.42. The molecule has 3 rings (SSSR count). The van der Waals surface area contributed by atoms with E-state index in [9.17, 15) is 4.79 Å². The van der Waals surface area contributed by atoms with Crippen LogP contribution in [0.5, 0.6) is 5.75 Å². The number of amides is 1. The molecule has 2 heterocycles. The van der Waals surface area contributed by atoms with E-state index >= 15 is 0 Å². The Balaban J connectivity index is 2.13. The highest BCUT2D eigenvalue weighted by Gasteiger charge is 2.29. The fourth-order valence-electron chi connectivity index (χ4n) is 2.16. The summed E-state index contributed by atoms with van der Waals surface area (Å²) in [4.78, 5) is 20.2. The molecule has 0 radical (unpaired) electrons. The van der Waals surface area contributed by atoms with Crippen LogP contribution in [0.15, 0.2) is 43.6 Å². The minimum absolute atomic E-state index is 0.0485. The van der Waals surface area contributed by atoms with Crippen LogP contribution in [0, 0.1) is 0 Å². The molecule has 7 nitrogen and oxygen atoms in total. The molecule has 1 amide bonds. The second-order valence-electron chi connectivity index (χ2n) is 5.98. The topological polar surface area (TPSA) is 88.1 Å². The van der Waals surface area contributed by atoms with Gasteiger partial charge in [0.2, 0.25) is 11.5 Å². The van der Waals surface area contributed by atoms with Crippen molar-refractivity contribution >= 4 is 23.3 Å². The third-order valence-corrected chi connectivity index (χ3v) is 3.42. The monoisotopic (exact) mass is 297 g/mol. The minimum atomic E-state index is -0.492. The lowest BCUT2D eigenvalue weighted by Gasteiger charge is -2.21. The Bertz CT molecular complexity index is 782. The van der Waals surface area contributed by atoms with E-state index in [0.29, 0.717) is 11.3 Å². The summed E-state index contributed by atoms with van der Waals surface area (Å²) in [7, 11) is 1.57. The first-order valence-corrected chi connectivity index (χ1v) is 6.80. The lowest BCUT2D eigenvalue weighted by molar-refractivity contribution is -0.111. The SMILES string of the molecule is COc1ccc(C(C)(C)C)cc1C1=NC(=O)C2=NN=NC2=N1. The molecule has 0 atom stereocenters. The van der Waals surface area contributed by atoms with Crippen LogP contribution in [0.4, 0.5) is 0 Å². The van der Waals surface area contributed by atoms with E-state index in [4.69, 9.17) is 4.74 Å². The molecular formula is C15H15N5O2. The molecule has 2 aliphatic heterocycles. The van der Waals surface area contributed by atoms with Gasteiger partial charge in [-0.15, -0.1) is 10.2 Å². The van der Waals surface area contributed by atoms with Gasteiger partial charge in [0, 0.05) is 0 Å². The number of methoxy groups -OCH3 is 1. The molecule has 1 aromatic carbocycles. The number of amidine groups is 2. The van der Waals surface area contributed by atoms with E-state index in [1.54, 1.807) is 7.11 Å². The number of ether oxygens (including phenoxy) is 1. The van der Waals surface area contributed by atoms with Crippen molar-refractivity contribution in [1.82, 2.24) is 0 Å². The number of hydrogen-bond donors (Lipinski definition) is 0. The van der Waals surface area contributed by atoms with Crippen molar-refractivity contribution in [3.05, 3.63) is 29.3 Å². The molecule has 7 heteroatoms. The van der Waals surface area contributed by atoms with Crippen molar-refractivity contribution in [3.8, 4) is 5.75 Å². The predicted octanol–water partition coefficient (Wildman–Crippen LogP) is 2.50. The van der Waals surface area contributed by atoms with Crippen molar-refractivity contribution in [2.45, 2.75) is 26.2 Å². The van der Waals surface area contributed by atoms with Crippen molar-refractivity contribution in [2.75, 3.05) is 7.11 Å². The zero-order valence-electron chi connectivity index (χ0n) is 12.8. The number of nitrogens with zero attached hydrogens (tertiary/aromatic N) is 5. The Morgan fingerprint density at radius 3 is 2.55 bits per heavy atom. The zero-order chi connectivity index (χ0) is 15.9. The molecule has 0 bridgehead atoms. The van der Waals surface area contributed by atoms with Gasteiger partial charge in [-0.2, -0.15) is 4.99 Å². The highest BCUT2D eigenvalue weighted by atomic mass is 16.5. The number of rotatable bonds is 2. The minimum Gasteiger partial charge on any atom is -0.496 e. The number of aliphatic imine (C=N–C) groups is 2. The summed E-state index contributed by atoms with van der Waals surface area (Å²) in [5.74, 6) is 0.563. The Morgan fingerprint density at radius 2 is 1.86 bits per heavy atom. The highest BCUT2D eigenvalue weighted by Crippen LogP contribution is 2.29. The van der Waals surface area contributed by atoms with Gasteiger partial charge in [-0.05, 0) is 28.3 Å². The lowest BCUT2D eigenvalue weighted by Crippen LogP contribution is -2.26. The second kappa shape index (κ2) is 4.94. The predicted molar refractivity (Wildman–Crippen MR) is 83.0 cm³/mol. The average Bonchev–Trinajstić information content (AvgIpc) is 2.94.